The molecule has 0 radical (unpaired) electrons. The molecule has 0 aromatic carbocycles. The lowest BCUT2D eigenvalue weighted by Gasteiger charge is -2.11. The van der Waals surface area contributed by atoms with E-state index in [9.17, 15) is 19.3 Å². The van der Waals surface area contributed by atoms with Gasteiger partial charge in [0.25, 0.3) is 5.56 Å². The van der Waals surface area contributed by atoms with Crippen molar-refractivity contribution >= 4 is 18.8 Å². The number of aryl methyl sites for hydroxylation is 1. The second-order valence-electron chi connectivity index (χ2n) is 4.33. The van der Waals surface area contributed by atoms with Gasteiger partial charge in [0, 0.05) is 6.54 Å². The first-order valence-electron chi connectivity index (χ1n) is 5.66. The maximum Gasteiger partial charge on any atom is 0.328 e. The van der Waals surface area contributed by atoms with E-state index < -0.39 is 31.1 Å². The van der Waals surface area contributed by atoms with E-state index >= 15 is 0 Å². The van der Waals surface area contributed by atoms with Gasteiger partial charge in [0.15, 0.2) is 5.52 Å². The summed E-state index contributed by atoms with van der Waals surface area (Å²) in [4.78, 5) is 48.3. The largest absolute Gasteiger partial charge is 0.392 e. The average molecular weight is 304 g/mol. The minimum Gasteiger partial charge on any atom is -0.392 e. The zero-order valence-corrected chi connectivity index (χ0v) is 11.1. The number of aliphatic hydroxyl groups is 1. The Hall–Kier alpha value is -1.74. The molecular weight excluding hydrogens is 291 g/mol. The lowest BCUT2D eigenvalue weighted by atomic mass is 10.3. The predicted molar refractivity (Wildman–Crippen MR) is 68.5 cm³/mol. The number of imidazole rings is 1. The van der Waals surface area contributed by atoms with Crippen molar-refractivity contribution < 1.29 is 19.5 Å². The number of hydrogen-bond donors (Lipinski definition) is 5. The second kappa shape index (κ2) is 5.33. The van der Waals surface area contributed by atoms with Gasteiger partial charge in [-0.05, 0) is 6.42 Å². The molecule has 0 saturated carbocycles. The lowest BCUT2D eigenvalue weighted by Crippen LogP contribution is -2.23. The highest BCUT2D eigenvalue weighted by molar-refractivity contribution is 7.51. The zero-order chi connectivity index (χ0) is 14.9. The molecule has 10 nitrogen and oxygen atoms in total. The van der Waals surface area contributed by atoms with Gasteiger partial charge >= 0.3 is 13.3 Å². The van der Waals surface area contributed by atoms with E-state index in [0.717, 1.165) is 0 Å². The molecule has 0 saturated heterocycles. The molecule has 0 aliphatic carbocycles. The summed E-state index contributed by atoms with van der Waals surface area (Å²) in [5, 5.41) is 9.50. The van der Waals surface area contributed by atoms with Gasteiger partial charge in [-0.25, -0.2) is 9.78 Å². The molecule has 0 amide bonds. The number of fused-ring (bicyclic) bond motifs is 1. The molecule has 0 spiro atoms. The summed E-state index contributed by atoms with van der Waals surface area (Å²) < 4.78 is 12.2. The van der Waals surface area contributed by atoms with Crippen LogP contribution in [0.4, 0.5) is 0 Å². The van der Waals surface area contributed by atoms with E-state index in [0.29, 0.717) is 0 Å². The van der Waals surface area contributed by atoms with Crippen LogP contribution in [0.5, 0.6) is 0 Å². The van der Waals surface area contributed by atoms with Crippen LogP contribution in [0.15, 0.2) is 15.9 Å². The first kappa shape index (κ1) is 14.7. The summed E-state index contributed by atoms with van der Waals surface area (Å²) in [6, 6.07) is 0. The summed E-state index contributed by atoms with van der Waals surface area (Å²) in [6.45, 7) is 0.150. The quantitative estimate of drug-likeness (QED) is 0.413. The molecular formula is C9H13N4O6P. The van der Waals surface area contributed by atoms with Crippen LogP contribution in [0.3, 0.4) is 0 Å². The van der Waals surface area contributed by atoms with E-state index in [2.05, 4.69) is 9.97 Å². The Kier molecular flexibility index (Phi) is 3.91. The number of H-pyrrole nitrogens is 2. The van der Waals surface area contributed by atoms with Gasteiger partial charge in [-0.1, -0.05) is 0 Å². The normalized spacial score (nSPS) is 13.8. The van der Waals surface area contributed by atoms with Gasteiger partial charge in [0.1, 0.15) is 5.65 Å². The molecule has 0 aliphatic rings. The molecule has 2 rings (SSSR count). The highest BCUT2D eigenvalue weighted by Gasteiger charge is 2.19. The Bertz CT molecular complexity index is 771. The first-order chi connectivity index (χ1) is 9.26. The van der Waals surface area contributed by atoms with Crippen molar-refractivity contribution in [1.82, 2.24) is 19.5 Å². The summed E-state index contributed by atoms with van der Waals surface area (Å²) >= 11 is 0. The van der Waals surface area contributed by atoms with Crippen LogP contribution in [-0.4, -0.2) is 46.7 Å². The third-order valence-corrected chi connectivity index (χ3v) is 3.56. The topological polar surface area (TPSA) is 161 Å². The van der Waals surface area contributed by atoms with E-state index in [4.69, 9.17) is 9.79 Å². The number of hydrogen-bond acceptors (Lipinski definition) is 5. The Morgan fingerprint density at radius 1 is 1.35 bits per heavy atom. The zero-order valence-electron chi connectivity index (χ0n) is 10.2. The van der Waals surface area contributed by atoms with E-state index in [1.54, 1.807) is 0 Å². The Labute approximate surface area is 111 Å². The van der Waals surface area contributed by atoms with Crippen molar-refractivity contribution in [3.05, 3.63) is 27.2 Å². The van der Waals surface area contributed by atoms with Gasteiger partial charge in [0.2, 0.25) is 0 Å². The van der Waals surface area contributed by atoms with Gasteiger partial charge in [-0.3, -0.25) is 19.3 Å². The van der Waals surface area contributed by atoms with Crippen LogP contribution in [0.25, 0.3) is 11.2 Å². The van der Waals surface area contributed by atoms with Crippen molar-refractivity contribution in [1.29, 1.82) is 0 Å². The minimum atomic E-state index is -4.28. The number of aromatic nitrogens is 4. The molecule has 110 valence electrons. The van der Waals surface area contributed by atoms with Gasteiger partial charge < -0.3 is 19.5 Å². The molecule has 2 aromatic rings. The molecule has 2 aromatic heterocycles. The highest BCUT2D eigenvalue weighted by Crippen LogP contribution is 2.35. The number of aromatic amines is 2. The molecule has 0 bridgehead atoms. The van der Waals surface area contributed by atoms with E-state index in [1.807, 2.05) is 4.98 Å². The third kappa shape index (κ3) is 3.42. The van der Waals surface area contributed by atoms with Crippen LogP contribution in [0.1, 0.15) is 6.42 Å². The van der Waals surface area contributed by atoms with Crippen molar-refractivity contribution in [2.75, 3.05) is 6.16 Å². The summed E-state index contributed by atoms with van der Waals surface area (Å²) in [7, 11) is -4.28. The Balaban J connectivity index is 2.17. The molecule has 0 aliphatic heterocycles. The van der Waals surface area contributed by atoms with Crippen LogP contribution < -0.4 is 11.2 Å². The monoisotopic (exact) mass is 304 g/mol. The number of nitrogens with zero attached hydrogens (tertiary/aromatic N) is 2. The molecule has 5 N–H and O–H groups in total. The maximum atomic E-state index is 11.4. The van der Waals surface area contributed by atoms with Crippen molar-refractivity contribution in [2.24, 2.45) is 0 Å². The van der Waals surface area contributed by atoms with Crippen LogP contribution in [0.2, 0.25) is 0 Å². The maximum absolute atomic E-state index is 11.4. The lowest BCUT2D eigenvalue weighted by molar-refractivity contribution is 0.173. The fourth-order valence-electron chi connectivity index (χ4n) is 1.80. The van der Waals surface area contributed by atoms with Crippen LogP contribution >= 0.6 is 7.60 Å². The third-order valence-electron chi connectivity index (χ3n) is 2.66. The summed E-state index contributed by atoms with van der Waals surface area (Å²) in [6.07, 6.45) is -0.482. The summed E-state index contributed by atoms with van der Waals surface area (Å²) in [5.41, 5.74) is -1.06. The molecule has 2 heterocycles. The second-order valence-corrected chi connectivity index (χ2v) is 6.03. The standard InChI is InChI=1S/C9H13N4O6P/c14-5(3-20(17,18)19)1-2-13-4-10-6-7(13)11-9(16)12-8(6)15/h4-5,14H,1-3H2,(H2,17,18,19)(H2,11,12,15,16)/t5-/m1/s1. The number of nitrogens with one attached hydrogen (secondary N) is 2. The fraction of sp³-hybridized carbons (Fsp3) is 0.444. The van der Waals surface area contributed by atoms with Gasteiger partial charge in [-0.15, -0.1) is 0 Å². The predicted octanol–water partition coefficient (Wildman–Crippen LogP) is -1.66. The summed E-state index contributed by atoms with van der Waals surface area (Å²) in [5.74, 6) is 0. The first-order valence-corrected chi connectivity index (χ1v) is 7.46. The molecule has 20 heavy (non-hydrogen) atoms. The van der Waals surface area contributed by atoms with Crippen molar-refractivity contribution in [3.63, 3.8) is 0 Å². The molecule has 0 fully saturated rings. The van der Waals surface area contributed by atoms with Crippen molar-refractivity contribution in [3.8, 4) is 0 Å². The van der Waals surface area contributed by atoms with Gasteiger partial charge in [0.05, 0.1) is 18.6 Å². The Morgan fingerprint density at radius 2 is 2.05 bits per heavy atom. The van der Waals surface area contributed by atoms with Gasteiger partial charge in [-0.2, -0.15) is 0 Å². The molecule has 0 unspecified atom stereocenters. The van der Waals surface area contributed by atoms with Crippen molar-refractivity contribution in [2.45, 2.75) is 19.1 Å². The molecule has 1 atom stereocenters. The van der Waals surface area contributed by atoms with E-state index in [-0.39, 0.29) is 24.1 Å². The number of aliphatic hydroxyl groups excluding tert-OH is 1. The number of rotatable bonds is 5. The van der Waals surface area contributed by atoms with E-state index in [1.165, 1.54) is 10.9 Å². The highest BCUT2D eigenvalue weighted by atomic mass is 31.2. The minimum absolute atomic E-state index is 0.0470. The SMILES string of the molecule is O=c1[nH]c(=O)c2ncn(CC[C@@H](O)CP(=O)(O)O)c2[nH]1. The van der Waals surface area contributed by atoms with Crippen LogP contribution in [-0.2, 0) is 11.1 Å². The Morgan fingerprint density at radius 3 is 2.70 bits per heavy atom. The van der Waals surface area contributed by atoms with Crippen LogP contribution in [0, 0.1) is 0 Å². The smallest absolute Gasteiger partial charge is 0.328 e. The molecule has 11 heteroatoms. The average Bonchev–Trinajstić information content (AvgIpc) is 2.67. The fourth-order valence-corrected chi connectivity index (χ4v) is 2.54.